The van der Waals surface area contributed by atoms with Crippen molar-refractivity contribution in [3.63, 3.8) is 0 Å². The molecule has 0 aliphatic rings. The van der Waals surface area contributed by atoms with E-state index in [1.165, 1.54) is 83.5 Å². The van der Waals surface area contributed by atoms with E-state index in [1.54, 1.807) is 0 Å². The van der Waals surface area contributed by atoms with Gasteiger partial charge in [-0.25, -0.2) is 0 Å². The molecule has 0 aromatic rings. The molecule has 0 heterocycles. The number of ether oxygens (including phenoxy) is 1. The van der Waals surface area contributed by atoms with Crippen LogP contribution in [0, 0.1) is 0 Å². The Morgan fingerprint density at radius 1 is 0.880 bits per heavy atom. The predicted octanol–water partition coefficient (Wildman–Crippen LogP) is 6.12. The van der Waals surface area contributed by atoms with E-state index in [1.807, 2.05) is 8.24 Å². The SMILES string of the molecule is CCCCCCCCCCCCCCCCOC(=O)C(N)C[S][Hg][CH3]. The summed E-state index contributed by atoms with van der Waals surface area (Å²) >= 11 is -0.719. The fraction of sp³-hybridized carbons (Fsp3) is 0.950. The van der Waals surface area contributed by atoms with Crippen molar-refractivity contribution in [1.29, 1.82) is 0 Å². The van der Waals surface area contributed by atoms with Crippen LogP contribution >= 0.6 is 8.24 Å². The predicted molar refractivity (Wildman–Crippen MR) is 108 cm³/mol. The molecule has 0 bridgehead atoms. The number of hydrogen-bond donors (Lipinski definition) is 1. The van der Waals surface area contributed by atoms with Gasteiger partial charge in [-0.2, -0.15) is 0 Å². The van der Waals surface area contributed by atoms with Gasteiger partial charge in [0.25, 0.3) is 0 Å². The van der Waals surface area contributed by atoms with Gasteiger partial charge in [-0.15, -0.1) is 0 Å². The fourth-order valence-electron chi connectivity index (χ4n) is 2.89. The van der Waals surface area contributed by atoms with Crippen LogP contribution in [0.1, 0.15) is 96.8 Å². The Morgan fingerprint density at radius 3 is 1.76 bits per heavy atom. The molecule has 1 unspecified atom stereocenters. The van der Waals surface area contributed by atoms with Crippen LogP contribution in [-0.4, -0.2) is 24.4 Å². The van der Waals surface area contributed by atoms with Crippen LogP contribution in [0.25, 0.3) is 0 Å². The van der Waals surface area contributed by atoms with Crippen molar-refractivity contribution in [1.82, 2.24) is 0 Å². The van der Waals surface area contributed by atoms with E-state index in [-0.39, 0.29) is 5.97 Å². The topological polar surface area (TPSA) is 52.3 Å². The summed E-state index contributed by atoms with van der Waals surface area (Å²) in [5.41, 5.74) is 5.80. The van der Waals surface area contributed by atoms with Gasteiger partial charge in [0.05, 0.1) is 0 Å². The Hall–Kier alpha value is 0.715. The van der Waals surface area contributed by atoms with Crippen molar-refractivity contribution >= 4 is 14.2 Å². The van der Waals surface area contributed by atoms with E-state index in [4.69, 9.17) is 10.5 Å². The summed E-state index contributed by atoms with van der Waals surface area (Å²) < 4.78 is 7.54. The molecule has 0 rings (SSSR count). The number of nitrogens with two attached hydrogens (primary N) is 1. The van der Waals surface area contributed by atoms with Crippen molar-refractivity contribution in [2.24, 2.45) is 5.73 Å². The standard InChI is InChI=1S/C19H39NO2S.CH3.Hg/c1-2-3-4-5-6-7-8-9-10-11-12-13-14-15-16-22-19(21)18(20)17-23;;/h18,23H,2-17,20H2,1H3;1H3;/q;;+1/p-1. The second-order valence-electron chi connectivity index (χ2n) is 7.03. The summed E-state index contributed by atoms with van der Waals surface area (Å²) in [5.74, 6) is 0.555. The van der Waals surface area contributed by atoms with Gasteiger partial charge in [-0.3, -0.25) is 0 Å². The van der Waals surface area contributed by atoms with Gasteiger partial charge in [-0.1, -0.05) is 58.3 Å². The second-order valence-corrected chi connectivity index (χ2v) is 19.8. The first-order chi connectivity index (χ1) is 12.2. The minimum atomic E-state index is -0.719. The average Bonchev–Trinajstić information content (AvgIpc) is 2.62. The zero-order valence-corrected chi connectivity index (χ0v) is 23.2. The molecule has 0 saturated carbocycles. The van der Waals surface area contributed by atoms with E-state index in [9.17, 15) is 4.79 Å². The number of carbonyl (C=O) groups excluding carboxylic acids is 1. The molecule has 3 nitrogen and oxygen atoms in total. The number of rotatable bonds is 19. The van der Waals surface area contributed by atoms with Crippen molar-refractivity contribution in [2.45, 2.75) is 107 Å². The molecule has 0 fully saturated rings. The summed E-state index contributed by atoms with van der Waals surface area (Å²) in [6.07, 6.45) is 18.8. The Labute approximate surface area is 171 Å². The molecule has 0 aliphatic heterocycles. The van der Waals surface area contributed by atoms with Crippen LogP contribution in [0.5, 0.6) is 0 Å². The number of carbonyl (C=O) groups is 1. The summed E-state index contributed by atoms with van der Waals surface area (Å²) in [6, 6.07) is -0.406. The van der Waals surface area contributed by atoms with Crippen LogP contribution in [0.4, 0.5) is 0 Å². The Balaban J connectivity index is 3.17. The molecule has 0 spiro atoms. The van der Waals surface area contributed by atoms with Crippen molar-refractivity contribution in [3.05, 3.63) is 0 Å². The van der Waals surface area contributed by atoms with Gasteiger partial charge in [0, 0.05) is 0 Å². The van der Waals surface area contributed by atoms with E-state index < -0.39 is 29.1 Å². The van der Waals surface area contributed by atoms with Crippen LogP contribution in [0.2, 0.25) is 4.43 Å². The zero-order valence-electron chi connectivity index (χ0n) is 16.9. The van der Waals surface area contributed by atoms with E-state index in [0.29, 0.717) is 6.61 Å². The van der Waals surface area contributed by atoms with Crippen LogP contribution in [0.15, 0.2) is 0 Å². The Bertz CT molecular complexity index is 293. The van der Waals surface area contributed by atoms with Crippen LogP contribution in [-0.2, 0) is 32.6 Å². The average molecular weight is 560 g/mol. The van der Waals surface area contributed by atoms with Crippen molar-refractivity contribution < 1.29 is 32.6 Å². The van der Waals surface area contributed by atoms with Gasteiger partial charge < -0.3 is 0 Å². The van der Waals surface area contributed by atoms with E-state index >= 15 is 0 Å². The third kappa shape index (κ3) is 19.3. The zero-order chi connectivity index (χ0) is 18.6. The Morgan fingerprint density at radius 2 is 1.32 bits per heavy atom. The summed E-state index contributed by atoms with van der Waals surface area (Å²) in [6.45, 7) is 2.82. The molecule has 5 heteroatoms. The Kier molecular flexibility index (Phi) is 21.6. The van der Waals surface area contributed by atoms with Gasteiger partial charge in [-0.05, 0) is 0 Å². The first-order valence-corrected chi connectivity index (χ1v) is 24.1. The molecule has 0 aromatic heterocycles. The monoisotopic (exact) mass is 561 g/mol. The van der Waals surface area contributed by atoms with E-state index in [2.05, 4.69) is 11.4 Å². The molecule has 0 aliphatic carbocycles. The normalized spacial score (nSPS) is 12.0. The van der Waals surface area contributed by atoms with Crippen LogP contribution in [0.3, 0.4) is 0 Å². The van der Waals surface area contributed by atoms with Gasteiger partial charge in [0.1, 0.15) is 0 Å². The molecule has 0 amide bonds. The number of unbranched alkanes of at least 4 members (excludes halogenated alkanes) is 13. The van der Waals surface area contributed by atoms with Gasteiger partial charge >= 0.3 is 114 Å². The minimum absolute atomic E-state index is 0.205. The third-order valence-electron chi connectivity index (χ3n) is 4.55. The summed E-state index contributed by atoms with van der Waals surface area (Å²) in [4.78, 5) is 11.6. The molecule has 2 N–H and O–H groups in total. The summed E-state index contributed by atoms with van der Waals surface area (Å²) in [5, 5.41) is 0. The molecule has 25 heavy (non-hydrogen) atoms. The maximum atomic E-state index is 11.6. The second kappa shape index (κ2) is 21.0. The molecule has 0 saturated heterocycles. The fourth-order valence-corrected chi connectivity index (χ4v) is 9.23. The molecule has 0 aromatic carbocycles. The third-order valence-corrected chi connectivity index (χ3v) is 13.1. The van der Waals surface area contributed by atoms with Crippen molar-refractivity contribution in [2.75, 3.05) is 12.4 Å². The molecule has 146 valence electrons. The number of esters is 1. The quantitative estimate of drug-likeness (QED) is 0.118. The number of hydrogen-bond acceptors (Lipinski definition) is 4. The van der Waals surface area contributed by atoms with Gasteiger partial charge in [0.15, 0.2) is 0 Å². The molecule has 0 radical (unpaired) electrons. The van der Waals surface area contributed by atoms with E-state index in [0.717, 1.165) is 12.2 Å². The van der Waals surface area contributed by atoms with Crippen molar-refractivity contribution in [3.8, 4) is 0 Å². The van der Waals surface area contributed by atoms with Crippen LogP contribution < -0.4 is 5.73 Å². The first kappa shape index (κ1) is 25.7. The molecule has 1 atom stereocenters. The maximum absolute atomic E-state index is 11.6. The summed E-state index contributed by atoms with van der Waals surface area (Å²) in [7, 11) is 1.90. The molecular weight excluding hydrogens is 519 g/mol. The molecular formula is C20H41HgNO2S. The van der Waals surface area contributed by atoms with Gasteiger partial charge in [0.2, 0.25) is 0 Å². The first-order valence-electron chi connectivity index (χ1n) is 10.7.